The van der Waals surface area contributed by atoms with E-state index in [4.69, 9.17) is 9.47 Å². The van der Waals surface area contributed by atoms with Crippen LogP contribution in [-0.2, 0) is 4.74 Å². The topological polar surface area (TPSA) is 69.7 Å². The van der Waals surface area contributed by atoms with Crippen LogP contribution in [0.1, 0.15) is 43.6 Å². The number of Topliss-reactive ketones (excluding diaryl/α,β-unsaturated/α-hetero) is 1. The van der Waals surface area contributed by atoms with Crippen molar-refractivity contribution in [3.8, 4) is 5.75 Å². The van der Waals surface area contributed by atoms with Gasteiger partial charge in [-0.1, -0.05) is 42.5 Å². The summed E-state index contributed by atoms with van der Waals surface area (Å²) < 4.78 is 10.4. The fourth-order valence-electron chi connectivity index (χ4n) is 2.72. The SMILES string of the molecule is CCOc1ccc(C(=O)COC(=O)c2ccc(C(=O)c3ccccc3)cc2)cc1. The highest BCUT2D eigenvalue weighted by molar-refractivity contribution is 6.09. The predicted molar refractivity (Wildman–Crippen MR) is 109 cm³/mol. The molecule has 5 heteroatoms. The monoisotopic (exact) mass is 388 g/mol. The van der Waals surface area contributed by atoms with E-state index in [-0.39, 0.29) is 23.7 Å². The molecule has 0 atom stereocenters. The van der Waals surface area contributed by atoms with Crippen LogP contribution in [0.5, 0.6) is 5.75 Å². The molecule has 0 fully saturated rings. The molecule has 0 saturated carbocycles. The number of esters is 1. The third-order valence-electron chi connectivity index (χ3n) is 4.24. The van der Waals surface area contributed by atoms with E-state index in [1.54, 1.807) is 60.7 Å². The minimum Gasteiger partial charge on any atom is -0.494 e. The molecule has 0 spiro atoms. The van der Waals surface area contributed by atoms with Crippen LogP contribution in [0.2, 0.25) is 0 Å². The molecule has 0 aliphatic heterocycles. The van der Waals surface area contributed by atoms with Gasteiger partial charge >= 0.3 is 5.97 Å². The standard InChI is InChI=1S/C24H20O5/c1-2-28-21-14-12-17(13-15-21)22(25)16-29-24(27)20-10-8-19(9-11-20)23(26)18-6-4-3-5-7-18/h3-15H,2,16H2,1H3. The van der Waals surface area contributed by atoms with Gasteiger partial charge in [0, 0.05) is 16.7 Å². The average molecular weight is 388 g/mol. The van der Waals surface area contributed by atoms with Crippen molar-refractivity contribution >= 4 is 17.5 Å². The molecule has 0 saturated heterocycles. The molecule has 3 aromatic rings. The summed E-state index contributed by atoms with van der Waals surface area (Å²) in [5, 5.41) is 0. The predicted octanol–water partition coefficient (Wildman–Crippen LogP) is 4.36. The lowest BCUT2D eigenvalue weighted by Crippen LogP contribution is -2.14. The number of ether oxygens (including phenoxy) is 2. The van der Waals surface area contributed by atoms with E-state index in [2.05, 4.69) is 0 Å². The van der Waals surface area contributed by atoms with Gasteiger partial charge in [-0.2, -0.15) is 0 Å². The zero-order chi connectivity index (χ0) is 20.6. The first-order valence-electron chi connectivity index (χ1n) is 9.21. The molecule has 3 rings (SSSR count). The second-order valence-corrected chi connectivity index (χ2v) is 6.23. The van der Waals surface area contributed by atoms with Gasteiger partial charge in [0.2, 0.25) is 0 Å². The van der Waals surface area contributed by atoms with Gasteiger partial charge in [0.1, 0.15) is 5.75 Å². The van der Waals surface area contributed by atoms with E-state index in [0.29, 0.717) is 29.0 Å². The molecule has 0 aromatic heterocycles. The fraction of sp³-hybridized carbons (Fsp3) is 0.125. The first-order valence-corrected chi connectivity index (χ1v) is 9.21. The van der Waals surface area contributed by atoms with Gasteiger partial charge in [0.25, 0.3) is 0 Å². The van der Waals surface area contributed by atoms with Crippen LogP contribution in [-0.4, -0.2) is 30.7 Å². The lowest BCUT2D eigenvalue weighted by Gasteiger charge is -2.07. The number of rotatable bonds is 8. The van der Waals surface area contributed by atoms with Gasteiger partial charge in [0.15, 0.2) is 18.2 Å². The van der Waals surface area contributed by atoms with Crippen molar-refractivity contribution in [2.24, 2.45) is 0 Å². The molecule has 0 amide bonds. The van der Waals surface area contributed by atoms with Crippen molar-refractivity contribution in [1.82, 2.24) is 0 Å². The normalized spacial score (nSPS) is 10.2. The fourth-order valence-corrected chi connectivity index (χ4v) is 2.72. The number of ketones is 2. The molecule has 29 heavy (non-hydrogen) atoms. The number of hydrogen-bond acceptors (Lipinski definition) is 5. The van der Waals surface area contributed by atoms with Gasteiger partial charge in [-0.25, -0.2) is 4.79 Å². The van der Waals surface area contributed by atoms with Crippen molar-refractivity contribution in [2.45, 2.75) is 6.92 Å². The van der Waals surface area contributed by atoms with E-state index in [0.717, 1.165) is 0 Å². The molecule has 5 nitrogen and oxygen atoms in total. The van der Waals surface area contributed by atoms with Gasteiger partial charge in [-0.3, -0.25) is 9.59 Å². The average Bonchev–Trinajstić information content (AvgIpc) is 2.78. The Morgan fingerprint density at radius 1 is 0.690 bits per heavy atom. The summed E-state index contributed by atoms with van der Waals surface area (Å²) in [5.41, 5.74) is 1.75. The zero-order valence-corrected chi connectivity index (χ0v) is 16.0. The van der Waals surface area contributed by atoms with E-state index < -0.39 is 5.97 Å². The first kappa shape index (κ1) is 20.0. The van der Waals surface area contributed by atoms with Gasteiger partial charge < -0.3 is 9.47 Å². The van der Waals surface area contributed by atoms with Crippen LogP contribution < -0.4 is 4.74 Å². The summed E-state index contributed by atoms with van der Waals surface area (Å²) in [6.45, 7) is 2.06. The highest BCUT2D eigenvalue weighted by atomic mass is 16.5. The maximum absolute atomic E-state index is 12.4. The summed E-state index contributed by atoms with van der Waals surface area (Å²) in [6.07, 6.45) is 0. The van der Waals surface area contributed by atoms with Crippen molar-refractivity contribution in [2.75, 3.05) is 13.2 Å². The maximum Gasteiger partial charge on any atom is 0.338 e. The third-order valence-corrected chi connectivity index (χ3v) is 4.24. The van der Waals surface area contributed by atoms with E-state index in [9.17, 15) is 14.4 Å². The van der Waals surface area contributed by atoms with Crippen molar-refractivity contribution in [3.63, 3.8) is 0 Å². The van der Waals surface area contributed by atoms with Crippen LogP contribution >= 0.6 is 0 Å². The van der Waals surface area contributed by atoms with Gasteiger partial charge in [-0.15, -0.1) is 0 Å². The molecule has 0 bridgehead atoms. The molecule has 0 unspecified atom stereocenters. The number of carbonyl (C=O) groups is 3. The Labute approximate surface area is 168 Å². The molecule has 0 aliphatic rings. The molecule has 0 heterocycles. The Kier molecular flexibility index (Phi) is 6.53. The minimum absolute atomic E-state index is 0.129. The second-order valence-electron chi connectivity index (χ2n) is 6.23. The van der Waals surface area contributed by atoms with Crippen LogP contribution in [0.3, 0.4) is 0 Å². The Balaban J connectivity index is 1.58. The Morgan fingerprint density at radius 2 is 1.24 bits per heavy atom. The van der Waals surface area contributed by atoms with E-state index in [1.807, 2.05) is 13.0 Å². The number of hydrogen-bond donors (Lipinski definition) is 0. The summed E-state index contributed by atoms with van der Waals surface area (Å²) in [7, 11) is 0. The summed E-state index contributed by atoms with van der Waals surface area (Å²) in [5.74, 6) is -0.386. The van der Waals surface area contributed by atoms with Crippen LogP contribution in [0.25, 0.3) is 0 Å². The Morgan fingerprint density at radius 3 is 1.86 bits per heavy atom. The molecular weight excluding hydrogens is 368 g/mol. The molecule has 0 aliphatic carbocycles. The van der Waals surface area contributed by atoms with Gasteiger partial charge in [0.05, 0.1) is 12.2 Å². The molecule has 3 aromatic carbocycles. The van der Waals surface area contributed by atoms with E-state index in [1.165, 1.54) is 12.1 Å². The van der Waals surface area contributed by atoms with Crippen molar-refractivity contribution < 1.29 is 23.9 Å². The third kappa shape index (κ3) is 5.17. The minimum atomic E-state index is -0.622. The Hall–Kier alpha value is -3.73. The smallest absolute Gasteiger partial charge is 0.338 e. The summed E-state index contributed by atoms with van der Waals surface area (Å²) >= 11 is 0. The Bertz CT molecular complexity index is 990. The maximum atomic E-state index is 12.4. The van der Waals surface area contributed by atoms with Crippen LogP contribution in [0.4, 0.5) is 0 Å². The van der Waals surface area contributed by atoms with Gasteiger partial charge in [-0.05, 0) is 43.3 Å². The second kappa shape index (κ2) is 9.46. The lowest BCUT2D eigenvalue weighted by atomic mass is 10.0. The van der Waals surface area contributed by atoms with Crippen molar-refractivity contribution in [1.29, 1.82) is 0 Å². The first-order chi connectivity index (χ1) is 14.1. The number of benzene rings is 3. The quantitative estimate of drug-likeness (QED) is 0.424. The van der Waals surface area contributed by atoms with Crippen LogP contribution in [0, 0.1) is 0 Å². The number of carbonyl (C=O) groups excluding carboxylic acids is 3. The molecule has 0 N–H and O–H groups in total. The van der Waals surface area contributed by atoms with Crippen LogP contribution in [0.15, 0.2) is 78.9 Å². The summed E-state index contributed by atoms with van der Waals surface area (Å²) in [6, 6.07) is 21.7. The van der Waals surface area contributed by atoms with E-state index >= 15 is 0 Å². The largest absolute Gasteiger partial charge is 0.494 e. The highest BCUT2D eigenvalue weighted by Crippen LogP contribution is 2.14. The molecule has 0 radical (unpaired) electrons. The lowest BCUT2D eigenvalue weighted by molar-refractivity contribution is 0.0474. The highest BCUT2D eigenvalue weighted by Gasteiger charge is 2.14. The summed E-state index contributed by atoms with van der Waals surface area (Å²) in [4.78, 5) is 36.8. The zero-order valence-electron chi connectivity index (χ0n) is 16.0. The molecule has 146 valence electrons. The van der Waals surface area contributed by atoms with Crippen molar-refractivity contribution in [3.05, 3.63) is 101 Å². The molecular formula is C24H20O5.